The van der Waals surface area contributed by atoms with Crippen LogP contribution in [0.15, 0.2) is 42.5 Å². The van der Waals surface area contributed by atoms with Gasteiger partial charge in [-0.15, -0.1) is 0 Å². The largest absolute Gasteiger partial charge is 0.492 e. The van der Waals surface area contributed by atoms with E-state index in [1.165, 1.54) is 5.56 Å². The highest BCUT2D eigenvalue weighted by Gasteiger charge is 2.54. The fourth-order valence-electron chi connectivity index (χ4n) is 4.72. The molecule has 172 valence electrons. The number of hydrogen-bond donors (Lipinski definition) is 1. The molecule has 2 N–H and O–H groups in total. The van der Waals surface area contributed by atoms with Crippen molar-refractivity contribution in [2.24, 2.45) is 16.6 Å². The number of benzene rings is 2. The number of carbonyl (C=O) groups is 1. The summed E-state index contributed by atoms with van der Waals surface area (Å²) in [6, 6.07) is 15.0. The first-order valence-electron chi connectivity index (χ1n) is 11.1. The molecular formula is C27H36N2O3. The Morgan fingerprint density at radius 2 is 1.72 bits per heavy atom. The molecule has 0 aliphatic heterocycles. The number of carbonyl (C=O) groups excluding carboxylic acids is 1. The van der Waals surface area contributed by atoms with E-state index in [0.29, 0.717) is 29.4 Å². The number of ether oxygens (including phenoxy) is 2. The zero-order valence-electron chi connectivity index (χ0n) is 20.4. The maximum absolute atomic E-state index is 10.7. The standard InChI is InChI=1S/C17H23NO2.C10H13NO/c1-6-19-14-9-13(8-7-12(14)10-18)20-15-16(2,3)11-17(15,4)5;1-7(2)8-3-5-9(6-4-8)10(11)12/h7-9,15H,6,11H2,1-5H3;3-7H,1-2H3,(H2,11,12). The third kappa shape index (κ3) is 6.03. The van der Waals surface area contributed by atoms with Crippen LogP contribution >= 0.6 is 0 Å². The summed E-state index contributed by atoms with van der Waals surface area (Å²) in [6.45, 7) is 15.6. The van der Waals surface area contributed by atoms with Gasteiger partial charge in [-0.2, -0.15) is 5.26 Å². The van der Waals surface area contributed by atoms with Gasteiger partial charge in [0.2, 0.25) is 5.91 Å². The highest BCUT2D eigenvalue weighted by atomic mass is 16.5. The average Bonchev–Trinajstić information content (AvgIpc) is 2.72. The van der Waals surface area contributed by atoms with Gasteiger partial charge in [0.05, 0.1) is 12.2 Å². The summed E-state index contributed by atoms with van der Waals surface area (Å²) in [7, 11) is 0. The van der Waals surface area contributed by atoms with Gasteiger partial charge in [-0.3, -0.25) is 4.79 Å². The molecule has 1 aliphatic rings. The predicted octanol–water partition coefficient (Wildman–Crippen LogP) is 6.07. The lowest BCUT2D eigenvalue weighted by Gasteiger charge is -2.56. The quantitative estimate of drug-likeness (QED) is 0.595. The van der Waals surface area contributed by atoms with Crippen molar-refractivity contribution in [1.82, 2.24) is 0 Å². The van der Waals surface area contributed by atoms with Crippen molar-refractivity contribution in [3.63, 3.8) is 0 Å². The highest BCUT2D eigenvalue weighted by molar-refractivity contribution is 5.92. The van der Waals surface area contributed by atoms with Gasteiger partial charge >= 0.3 is 0 Å². The first-order valence-corrected chi connectivity index (χ1v) is 11.1. The molecule has 0 saturated heterocycles. The summed E-state index contributed by atoms with van der Waals surface area (Å²) in [5.41, 5.74) is 7.81. The molecule has 0 unspecified atom stereocenters. The second-order valence-electron chi connectivity index (χ2n) is 10.00. The van der Waals surface area contributed by atoms with Crippen LogP contribution in [0.1, 0.15) is 82.3 Å². The van der Waals surface area contributed by atoms with Gasteiger partial charge in [-0.1, -0.05) is 53.7 Å². The molecule has 2 aromatic carbocycles. The van der Waals surface area contributed by atoms with Gasteiger partial charge in [-0.25, -0.2) is 0 Å². The van der Waals surface area contributed by atoms with Crippen molar-refractivity contribution in [2.75, 3.05) is 6.61 Å². The van der Waals surface area contributed by atoms with E-state index >= 15 is 0 Å². The van der Waals surface area contributed by atoms with E-state index in [2.05, 4.69) is 47.6 Å². The number of hydrogen-bond acceptors (Lipinski definition) is 4. The number of amides is 1. The molecule has 2 aromatic rings. The van der Waals surface area contributed by atoms with E-state index in [9.17, 15) is 4.79 Å². The van der Waals surface area contributed by atoms with Gasteiger partial charge in [0, 0.05) is 22.5 Å². The van der Waals surface area contributed by atoms with Crippen LogP contribution in [0, 0.1) is 22.2 Å². The second kappa shape index (κ2) is 10.1. The van der Waals surface area contributed by atoms with E-state index in [-0.39, 0.29) is 22.8 Å². The smallest absolute Gasteiger partial charge is 0.248 e. The van der Waals surface area contributed by atoms with Crippen molar-refractivity contribution in [3.8, 4) is 17.6 Å². The molecule has 0 aromatic heterocycles. The number of rotatable bonds is 6. The molecule has 3 rings (SSSR count). The molecule has 0 atom stereocenters. The van der Waals surface area contributed by atoms with Crippen LogP contribution in [0.3, 0.4) is 0 Å². The number of nitriles is 1. The fourth-order valence-corrected chi connectivity index (χ4v) is 4.72. The first-order chi connectivity index (χ1) is 14.9. The zero-order valence-corrected chi connectivity index (χ0v) is 20.4. The Hall–Kier alpha value is -3.00. The van der Waals surface area contributed by atoms with E-state index in [1.807, 2.05) is 31.2 Å². The van der Waals surface area contributed by atoms with E-state index in [1.54, 1.807) is 18.2 Å². The van der Waals surface area contributed by atoms with E-state index in [4.69, 9.17) is 20.5 Å². The molecule has 1 saturated carbocycles. The summed E-state index contributed by atoms with van der Waals surface area (Å²) in [5.74, 6) is 1.50. The first kappa shape index (κ1) is 25.3. The van der Waals surface area contributed by atoms with Crippen LogP contribution in [0.25, 0.3) is 0 Å². The minimum absolute atomic E-state index is 0.178. The van der Waals surface area contributed by atoms with Crippen molar-refractivity contribution < 1.29 is 14.3 Å². The molecule has 0 spiro atoms. The Morgan fingerprint density at radius 1 is 1.12 bits per heavy atom. The third-order valence-electron chi connectivity index (χ3n) is 5.82. The molecule has 5 heteroatoms. The minimum atomic E-state index is -0.370. The summed E-state index contributed by atoms with van der Waals surface area (Å²) in [5, 5.41) is 9.07. The minimum Gasteiger partial charge on any atom is -0.492 e. The lowest BCUT2D eigenvalue weighted by molar-refractivity contribution is -0.133. The molecule has 1 aliphatic carbocycles. The molecule has 1 fully saturated rings. The Labute approximate surface area is 192 Å². The van der Waals surface area contributed by atoms with Crippen LogP contribution in [-0.2, 0) is 0 Å². The number of nitrogens with two attached hydrogens (primary N) is 1. The predicted molar refractivity (Wildman–Crippen MR) is 128 cm³/mol. The van der Waals surface area contributed by atoms with E-state index < -0.39 is 0 Å². The Bertz CT molecular complexity index is 955. The summed E-state index contributed by atoms with van der Waals surface area (Å²) < 4.78 is 11.7. The summed E-state index contributed by atoms with van der Waals surface area (Å²) in [6.07, 6.45) is 1.33. The lowest BCUT2D eigenvalue weighted by Crippen LogP contribution is -2.58. The molecule has 5 nitrogen and oxygen atoms in total. The van der Waals surface area contributed by atoms with Crippen molar-refractivity contribution in [1.29, 1.82) is 5.26 Å². The monoisotopic (exact) mass is 436 g/mol. The Morgan fingerprint density at radius 3 is 2.16 bits per heavy atom. The summed E-state index contributed by atoms with van der Waals surface area (Å²) in [4.78, 5) is 10.7. The average molecular weight is 437 g/mol. The fraction of sp³-hybridized carbons (Fsp3) is 0.481. The van der Waals surface area contributed by atoms with Crippen molar-refractivity contribution in [2.45, 2.75) is 66.9 Å². The van der Waals surface area contributed by atoms with Gasteiger partial charge in [-0.05, 0) is 49.1 Å². The van der Waals surface area contributed by atoms with Crippen LogP contribution in [0.5, 0.6) is 11.5 Å². The van der Waals surface area contributed by atoms with Gasteiger partial charge in [0.25, 0.3) is 0 Å². The third-order valence-corrected chi connectivity index (χ3v) is 5.82. The molecule has 1 amide bonds. The maximum Gasteiger partial charge on any atom is 0.248 e. The number of primary amides is 1. The number of nitrogens with zero attached hydrogens (tertiary/aromatic N) is 1. The van der Waals surface area contributed by atoms with Gasteiger partial charge in [0.15, 0.2) is 0 Å². The van der Waals surface area contributed by atoms with Crippen LogP contribution < -0.4 is 15.2 Å². The Kier molecular flexibility index (Phi) is 7.96. The Balaban J connectivity index is 0.000000258. The van der Waals surface area contributed by atoms with Crippen molar-refractivity contribution in [3.05, 3.63) is 59.2 Å². The zero-order chi connectivity index (χ0) is 24.1. The topological polar surface area (TPSA) is 85.3 Å². The second-order valence-corrected chi connectivity index (χ2v) is 10.00. The SMILES string of the molecule is CC(C)c1ccc(C(N)=O)cc1.CCOc1cc(OC2C(C)(C)CC2(C)C)ccc1C#N. The molecule has 0 heterocycles. The van der Waals surface area contributed by atoms with Crippen LogP contribution in [0.2, 0.25) is 0 Å². The highest BCUT2D eigenvalue weighted by Crippen LogP contribution is 2.55. The van der Waals surface area contributed by atoms with E-state index in [0.717, 1.165) is 12.2 Å². The molecule has 32 heavy (non-hydrogen) atoms. The van der Waals surface area contributed by atoms with Crippen LogP contribution in [0.4, 0.5) is 0 Å². The van der Waals surface area contributed by atoms with Crippen LogP contribution in [-0.4, -0.2) is 18.6 Å². The lowest BCUT2D eigenvalue weighted by atomic mass is 9.53. The molecule has 0 bridgehead atoms. The maximum atomic E-state index is 10.7. The van der Waals surface area contributed by atoms with Crippen molar-refractivity contribution >= 4 is 5.91 Å². The normalized spacial score (nSPS) is 16.2. The van der Waals surface area contributed by atoms with Gasteiger partial charge < -0.3 is 15.2 Å². The summed E-state index contributed by atoms with van der Waals surface area (Å²) >= 11 is 0. The molecular weight excluding hydrogens is 400 g/mol. The molecule has 0 radical (unpaired) electrons. The van der Waals surface area contributed by atoms with Gasteiger partial charge in [0.1, 0.15) is 23.7 Å².